The van der Waals surface area contributed by atoms with Crippen LogP contribution in [0.15, 0.2) is 69.3 Å². The molecule has 0 saturated carbocycles. The minimum atomic E-state index is -4.13. The summed E-state index contributed by atoms with van der Waals surface area (Å²) in [5, 5.41) is 0. The predicted octanol–water partition coefficient (Wildman–Crippen LogP) is 2.45. The molecular formula is C12H9ClO4S2. The SMILES string of the molecule is O=S(=O)(Cl)c1ccccc1S(=O)(=O)c1ccccc1. The summed E-state index contributed by atoms with van der Waals surface area (Å²) in [6, 6.07) is 12.8. The first-order valence-electron chi connectivity index (χ1n) is 5.17. The van der Waals surface area contributed by atoms with Crippen molar-refractivity contribution in [1.82, 2.24) is 0 Å². The number of hydrogen-bond donors (Lipinski definition) is 0. The van der Waals surface area contributed by atoms with E-state index in [0.29, 0.717) is 0 Å². The van der Waals surface area contributed by atoms with Crippen molar-refractivity contribution in [2.75, 3.05) is 0 Å². The summed E-state index contributed by atoms with van der Waals surface area (Å²) in [5.74, 6) is 0. The second kappa shape index (κ2) is 4.96. The van der Waals surface area contributed by atoms with Crippen LogP contribution in [0.25, 0.3) is 0 Å². The van der Waals surface area contributed by atoms with Crippen LogP contribution >= 0.6 is 10.7 Å². The lowest BCUT2D eigenvalue weighted by Crippen LogP contribution is -2.07. The first-order chi connectivity index (χ1) is 8.83. The highest BCUT2D eigenvalue weighted by Crippen LogP contribution is 2.28. The van der Waals surface area contributed by atoms with E-state index in [2.05, 4.69) is 0 Å². The Balaban J connectivity index is 2.74. The Morgan fingerprint density at radius 1 is 0.684 bits per heavy atom. The van der Waals surface area contributed by atoms with Gasteiger partial charge in [-0.05, 0) is 24.3 Å². The van der Waals surface area contributed by atoms with Crippen molar-refractivity contribution in [3.8, 4) is 0 Å². The van der Waals surface area contributed by atoms with Crippen molar-refractivity contribution < 1.29 is 16.8 Å². The number of sulfone groups is 1. The summed E-state index contributed by atoms with van der Waals surface area (Å²) in [4.78, 5) is -0.723. The second-order valence-electron chi connectivity index (χ2n) is 3.70. The van der Waals surface area contributed by atoms with Gasteiger partial charge >= 0.3 is 0 Å². The average molecular weight is 317 g/mol. The number of benzene rings is 2. The van der Waals surface area contributed by atoms with E-state index in [1.807, 2.05) is 0 Å². The molecule has 0 radical (unpaired) electrons. The van der Waals surface area contributed by atoms with Crippen LogP contribution in [-0.4, -0.2) is 16.8 Å². The maximum absolute atomic E-state index is 12.4. The van der Waals surface area contributed by atoms with Crippen molar-refractivity contribution in [3.63, 3.8) is 0 Å². The lowest BCUT2D eigenvalue weighted by Gasteiger charge is -2.08. The van der Waals surface area contributed by atoms with Crippen molar-refractivity contribution in [2.45, 2.75) is 14.7 Å². The molecule has 0 unspecified atom stereocenters. The predicted molar refractivity (Wildman–Crippen MR) is 71.4 cm³/mol. The molecule has 2 rings (SSSR count). The molecule has 0 amide bonds. The second-order valence-corrected chi connectivity index (χ2v) is 8.15. The fourth-order valence-corrected chi connectivity index (χ4v) is 4.71. The van der Waals surface area contributed by atoms with Crippen LogP contribution in [0.2, 0.25) is 0 Å². The third kappa shape index (κ3) is 2.80. The molecule has 2 aromatic rings. The highest BCUT2D eigenvalue weighted by Gasteiger charge is 2.26. The zero-order valence-electron chi connectivity index (χ0n) is 9.52. The van der Waals surface area contributed by atoms with Gasteiger partial charge in [-0.2, -0.15) is 0 Å². The van der Waals surface area contributed by atoms with Crippen molar-refractivity contribution in [3.05, 3.63) is 54.6 Å². The minimum Gasteiger partial charge on any atom is -0.218 e. The van der Waals surface area contributed by atoms with Gasteiger partial charge < -0.3 is 0 Å². The molecule has 2 aromatic carbocycles. The van der Waals surface area contributed by atoms with Crippen LogP contribution in [-0.2, 0) is 18.9 Å². The number of halogens is 1. The molecule has 19 heavy (non-hydrogen) atoms. The van der Waals surface area contributed by atoms with E-state index >= 15 is 0 Å². The summed E-state index contributed by atoms with van der Waals surface area (Å²) in [6.45, 7) is 0. The third-order valence-electron chi connectivity index (χ3n) is 2.45. The molecule has 0 heterocycles. The third-order valence-corrected chi connectivity index (χ3v) is 5.79. The van der Waals surface area contributed by atoms with Crippen molar-refractivity contribution in [2.24, 2.45) is 0 Å². The molecule has 0 aliphatic heterocycles. The minimum absolute atomic E-state index is 0.0165. The Labute approximate surface area is 116 Å². The lowest BCUT2D eigenvalue weighted by molar-refractivity contribution is 0.588. The van der Waals surface area contributed by atoms with E-state index in [1.54, 1.807) is 18.2 Å². The van der Waals surface area contributed by atoms with Gasteiger partial charge in [-0.1, -0.05) is 30.3 Å². The first kappa shape index (κ1) is 14.0. The van der Waals surface area contributed by atoms with E-state index in [0.717, 1.165) is 6.07 Å². The monoisotopic (exact) mass is 316 g/mol. The molecule has 0 N–H and O–H groups in total. The van der Waals surface area contributed by atoms with Crippen LogP contribution in [0.5, 0.6) is 0 Å². The van der Waals surface area contributed by atoms with Gasteiger partial charge in [0.05, 0.1) is 9.79 Å². The van der Waals surface area contributed by atoms with Crippen LogP contribution in [0.4, 0.5) is 0 Å². The van der Waals surface area contributed by atoms with Gasteiger partial charge in [-0.15, -0.1) is 0 Å². The topological polar surface area (TPSA) is 68.3 Å². The molecule has 0 spiro atoms. The molecule has 7 heteroatoms. The Hall–Kier alpha value is -1.37. The summed E-state index contributed by atoms with van der Waals surface area (Å²) in [6.07, 6.45) is 0. The maximum Gasteiger partial charge on any atom is 0.262 e. The van der Waals surface area contributed by atoms with Gasteiger partial charge in [0.2, 0.25) is 9.84 Å². The number of hydrogen-bond acceptors (Lipinski definition) is 4. The van der Waals surface area contributed by atoms with Gasteiger partial charge in [0.15, 0.2) is 0 Å². The van der Waals surface area contributed by atoms with Crippen LogP contribution < -0.4 is 0 Å². The fraction of sp³-hybridized carbons (Fsp3) is 0. The standard InChI is InChI=1S/C12H9ClO4S2/c13-19(16,17)12-9-5-4-8-11(12)18(14,15)10-6-2-1-3-7-10/h1-9H. The highest BCUT2D eigenvalue weighted by molar-refractivity contribution is 8.14. The maximum atomic E-state index is 12.4. The van der Waals surface area contributed by atoms with E-state index in [4.69, 9.17) is 10.7 Å². The van der Waals surface area contributed by atoms with E-state index < -0.39 is 23.8 Å². The lowest BCUT2D eigenvalue weighted by atomic mass is 10.4. The fourth-order valence-electron chi connectivity index (χ4n) is 1.60. The molecule has 4 nitrogen and oxygen atoms in total. The Morgan fingerprint density at radius 3 is 1.68 bits per heavy atom. The Morgan fingerprint density at radius 2 is 1.16 bits per heavy atom. The zero-order chi connectivity index (χ0) is 14.1. The van der Waals surface area contributed by atoms with Gasteiger partial charge in [0.1, 0.15) is 4.90 Å². The molecule has 0 aromatic heterocycles. The molecule has 0 aliphatic rings. The summed E-state index contributed by atoms with van der Waals surface area (Å²) in [5.41, 5.74) is 0. The average Bonchev–Trinajstić information content (AvgIpc) is 2.39. The van der Waals surface area contributed by atoms with Gasteiger partial charge in [0, 0.05) is 10.7 Å². The highest BCUT2D eigenvalue weighted by atomic mass is 35.7. The summed E-state index contributed by atoms with van der Waals surface area (Å²) in [7, 11) is -2.78. The van der Waals surface area contributed by atoms with Gasteiger partial charge in [-0.3, -0.25) is 0 Å². The van der Waals surface area contributed by atoms with Gasteiger partial charge in [0.25, 0.3) is 9.05 Å². The summed E-state index contributed by atoms with van der Waals surface area (Å²) < 4.78 is 47.6. The molecular weight excluding hydrogens is 308 g/mol. The molecule has 0 saturated heterocycles. The van der Waals surface area contributed by atoms with E-state index in [-0.39, 0.29) is 9.79 Å². The van der Waals surface area contributed by atoms with E-state index in [9.17, 15) is 16.8 Å². The van der Waals surface area contributed by atoms with Gasteiger partial charge in [-0.25, -0.2) is 16.8 Å². The largest absolute Gasteiger partial charge is 0.262 e. The van der Waals surface area contributed by atoms with Crippen LogP contribution in [0, 0.1) is 0 Å². The normalized spacial score (nSPS) is 12.3. The van der Waals surface area contributed by atoms with Crippen LogP contribution in [0.3, 0.4) is 0 Å². The summed E-state index contributed by atoms with van der Waals surface area (Å²) >= 11 is 0. The van der Waals surface area contributed by atoms with Crippen molar-refractivity contribution >= 4 is 29.6 Å². The quantitative estimate of drug-likeness (QED) is 0.816. The van der Waals surface area contributed by atoms with E-state index in [1.165, 1.54) is 30.3 Å². The Bertz CT molecular complexity index is 797. The zero-order valence-corrected chi connectivity index (χ0v) is 11.9. The Kier molecular flexibility index (Phi) is 3.66. The molecule has 0 bridgehead atoms. The molecule has 100 valence electrons. The number of rotatable bonds is 3. The van der Waals surface area contributed by atoms with Crippen molar-refractivity contribution in [1.29, 1.82) is 0 Å². The smallest absolute Gasteiger partial charge is 0.218 e. The first-order valence-corrected chi connectivity index (χ1v) is 8.96. The molecule has 0 fully saturated rings. The molecule has 0 atom stereocenters. The van der Waals surface area contributed by atoms with Crippen LogP contribution in [0.1, 0.15) is 0 Å². The molecule has 0 aliphatic carbocycles.